The van der Waals surface area contributed by atoms with Crippen LogP contribution in [0.2, 0.25) is 0 Å². The van der Waals surface area contributed by atoms with E-state index in [9.17, 15) is 0 Å². The van der Waals surface area contributed by atoms with Crippen LogP contribution in [0.1, 0.15) is 32.6 Å². The molecule has 2 heterocycles. The van der Waals surface area contributed by atoms with Crippen molar-refractivity contribution in [3.63, 3.8) is 0 Å². The first-order chi connectivity index (χ1) is 7.29. The molecule has 0 bridgehead atoms. The molecule has 1 atom stereocenters. The molecule has 88 valence electrons. The summed E-state index contributed by atoms with van der Waals surface area (Å²) >= 11 is 0. The van der Waals surface area contributed by atoms with Crippen molar-refractivity contribution in [1.29, 1.82) is 0 Å². The smallest absolute Gasteiger partial charge is 0.0168 e. The van der Waals surface area contributed by atoms with Gasteiger partial charge in [0, 0.05) is 18.6 Å². The number of nitrogens with zero attached hydrogens (tertiary/aromatic N) is 2. The van der Waals surface area contributed by atoms with Crippen LogP contribution in [-0.2, 0) is 0 Å². The Morgan fingerprint density at radius 3 is 2.47 bits per heavy atom. The topological polar surface area (TPSA) is 32.5 Å². The van der Waals surface area contributed by atoms with Crippen LogP contribution in [-0.4, -0.2) is 54.6 Å². The molecule has 15 heavy (non-hydrogen) atoms. The molecule has 0 aromatic rings. The fourth-order valence-electron chi connectivity index (χ4n) is 2.97. The van der Waals surface area contributed by atoms with Crippen molar-refractivity contribution in [2.24, 2.45) is 5.73 Å². The Balaban J connectivity index is 1.79. The van der Waals surface area contributed by atoms with Gasteiger partial charge in [-0.1, -0.05) is 6.92 Å². The molecular weight excluding hydrogens is 186 g/mol. The molecule has 0 radical (unpaired) electrons. The van der Waals surface area contributed by atoms with Crippen molar-refractivity contribution >= 4 is 0 Å². The monoisotopic (exact) mass is 211 g/mol. The van der Waals surface area contributed by atoms with Crippen molar-refractivity contribution in [2.75, 3.05) is 32.7 Å². The van der Waals surface area contributed by atoms with Gasteiger partial charge in [-0.25, -0.2) is 0 Å². The zero-order chi connectivity index (χ0) is 10.7. The minimum atomic E-state index is 0.433. The first-order valence-corrected chi connectivity index (χ1v) is 6.51. The predicted molar refractivity (Wildman–Crippen MR) is 63.9 cm³/mol. The van der Waals surface area contributed by atoms with Crippen molar-refractivity contribution in [3.8, 4) is 0 Å². The Labute approximate surface area is 93.6 Å². The highest BCUT2D eigenvalue weighted by Crippen LogP contribution is 2.20. The summed E-state index contributed by atoms with van der Waals surface area (Å²) < 4.78 is 0. The summed E-state index contributed by atoms with van der Waals surface area (Å²) in [6.45, 7) is 8.46. The molecule has 0 aliphatic carbocycles. The molecule has 2 fully saturated rings. The molecule has 0 aromatic carbocycles. The number of hydrogen-bond donors (Lipinski definition) is 1. The van der Waals surface area contributed by atoms with E-state index < -0.39 is 0 Å². The van der Waals surface area contributed by atoms with E-state index in [2.05, 4.69) is 16.7 Å². The molecular formula is C12H25N3. The second-order valence-electron chi connectivity index (χ2n) is 5.06. The van der Waals surface area contributed by atoms with Crippen molar-refractivity contribution in [3.05, 3.63) is 0 Å². The fraction of sp³-hybridized carbons (Fsp3) is 1.00. The minimum absolute atomic E-state index is 0.433. The maximum Gasteiger partial charge on any atom is 0.0168 e. The highest BCUT2D eigenvalue weighted by molar-refractivity contribution is 4.84. The summed E-state index contributed by atoms with van der Waals surface area (Å²) in [6.07, 6.45) is 5.22. The Morgan fingerprint density at radius 2 is 1.87 bits per heavy atom. The van der Waals surface area contributed by atoms with Crippen molar-refractivity contribution in [2.45, 2.75) is 44.7 Å². The largest absolute Gasteiger partial charge is 0.327 e. The van der Waals surface area contributed by atoms with Crippen LogP contribution in [0.25, 0.3) is 0 Å². The lowest BCUT2D eigenvalue weighted by Gasteiger charge is -2.41. The molecule has 2 rings (SSSR count). The second kappa shape index (κ2) is 5.28. The van der Waals surface area contributed by atoms with E-state index in [0.29, 0.717) is 6.04 Å². The summed E-state index contributed by atoms with van der Waals surface area (Å²) in [7, 11) is 0. The molecule has 0 amide bonds. The number of nitrogens with two attached hydrogens (primary N) is 1. The molecule has 1 unspecified atom stereocenters. The summed E-state index contributed by atoms with van der Waals surface area (Å²) in [4.78, 5) is 5.20. The number of hydrogen-bond acceptors (Lipinski definition) is 3. The van der Waals surface area contributed by atoms with Gasteiger partial charge in [0.25, 0.3) is 0 Å². The molecule has 2 N–H and O–H groups in total. The highest BCUT2D eigenvalue weighted by atomic mass is 15.2. The third-order valence-electron chi connectivity index (χ3n) is 4.01. The van der Waals surface area contributed by atoms with Gasteiger partial charge in [0.1, 0.15) is 0 Å². The number of rotatable bonds is 2. The van der Waals surface area contributed by atoms with Crippen LogP contribution in [0.4, 0.5) is 0 Å². The van der Waals surface area contributed by atoms with E-state index >= 15 is 0 Å². The van der Waals surface area contributed by atoms with Gasteiger partial charge >= 0.3 is 0 Å². The Kier molecular flexibility index (Phi) is 4.00. The first-order valence-electron chi connectivity index (χ1n) is 6.51. The minimum Gasteiger partial charge on any atom is -0.327 e. The lowest BCUT2D eigenvalue weighted by molar-refractivity contribution is 0.0879. The Morgan fingerprint density at radius 1 is 1.13 bits per heavy atom. The summed E-state index contributed by atoms with van der Waals surface area (Å²) in [6, 6.07) is 1.25. The first kappa shape index (κ1) is 11.4. The maximum absolute atomic E-state index is 6.03. The fourth-order valence-corrected chi connectivity index (χ4v) is 2.97. The highest BCUT2D eigenvalue weighted by Gasteiger charge is 2.26. The summed E-state index contributed by atoms with van der Waals surface area (Å²) in [5, 5.41) is 0. The Bertz CT molecular complexity index is 187. The van der Waals surface area contributed by atoms with E-state index in [1.165, 1.54) is 51.9 Å². The van der Waals surface area contributed by atoms with Gasteiger partial charge in [-0.2, -0.15) is 0 Å². The van der Waals surface area contributed by atoms with Gasteiger partial charge in [-0.15, -0.1) is 0 Å². The van der Waals surface area contributed by atoms with Crippen molar-refractivity contribution < 1.29 is 0 Å². The van der Waals surface area contributed by atoms with Crippen LogP contribution in [0.15, 0.2) is 0 Å². The molecule has 2 saturated heterocycles. The van der Waals surface area contributed by atoms with Crippen molar-refractivity contribution in [1.82, 2.24) is 9.80 Å². The van der Waals surface area contributed by atoms with E-state index in [0.717, 1.165) is 12.6 Å². The van der Waals surface area contributed by atoms with Gasteiger partial charge in [0.2, 0.25) is 0 Å². The quantitative estimate of drug-likeness (QED) is 0.736. The third kappa shape index (κ3) is 2.92. The number of piperidine rings is 2. The standard InChI is InChI=1S/C12H25N3/c1-2-14-8-5-12(6-9-14)15-7-3-4-11(13)10-15/h11-12H,2-10,13H2,1H3. The zero-order valence-electron chi connectivity index (χ0n) is 9.99. The SMILES string of the molecule is CCN1CCC(N2CCCC(N)C2)CC1. The van der Waals surface area contributed by atoms with Crippen LogP contribution >= 0.6 is 0 Å². The van der Waals surface area contributed by atoms with Crippen LogP contribution in [0, 0.1) is 0 Å². The Hall–Kier alpha value is -0.120. The van der Waals surface area contributed by atoms with E-state index in [4.69, 9.17) is 5.73 Å². The molecule has 3 nitrogen and oxygen atoms in total. The summed E-state index contributed by atoms with van der Waals surface area (Å²) in [5.74, 6) is 0. The van der Waals surface area contributed by atoms with Crippen LogP contribution < -0.4 is 5.73 Å². The second-order valence-corrected chi connectivity index (χ2v) is 5.06. The molecule has 2 aliphatic rings. The van der Waals surface area contributed by atoms with Gasteiger partial charge in [0.15, 0.2) is 0 Å². The third-order valence-corrected chi connectivity index (χ3v) is 4.01. The van der Waals surface area contributed by atoms with Gasteiger partial charge < -0.3 is 10.6 Å². The predicted octanol–water partition coefficient (Wildman–Crippen LogP) is 0.894. The average molecular weight is 211 g/mol. The molecule has 0 aromatic heterocycles. The van der Waals surface area contributed by atoms with E-state index in [-0.39, 0.29) is 0 Å². The molecule has 3 heteroatoms. The van der Waals surface area contributed by atoms with E-state index in [1.807, 2.05) is 0 Å². The molecule has 2 aliphatic heterocycles. The molecule has 0 spiro atoms. The lowest BCUT2D eigenvalue weighted by atomic mass is 9.98. The lowest BCUT2D eigenvalue weighted by Crippen LogP contribution is -2.51. The normalized spacial score (nSPS) is 32.0. The maximum atomic E-state index is 6.03. The summed E-state index contributed by atoms with van der Waals surface area (Å²) in [5.41, 5.74) is 6.03. The van der Waals surface area contributed by atoms with E-state index in [1.54, 1.807) is 0 Å². The number of likely N-dealkylation sites (tertiary alicyclic amines) is 2. The average Bonchev–Trinajstić information content (AvgIpc) is 2.29. The van der Waals surface area contributed by atoms with Crippen LogP contribution in [0.3, 0.4) is 0 Å². The zero-order valence-corrected chi connectivity index (χ0v) is 9.99. The van der Waals surface area contributed by atoms with Gasteiger partial charge in [-0.05, 0) is 51.9 Å². The van der Waals surface area contributed by atoms with Gasteiger partial charge in [0.05, 0.1) is 0 Å². The van der Waals surface area contributed by atoms with Gasteiger partial charge in [-0.3, -0.25) is 4.90 Å². The van der Waals surface area contributed by atoms with Crippen LogP contribution in [0.5, 0.6) is 0 Å². The molecule has 0 saturated carbocycles.